The first-order valence-corrected chi connectivity index (χ1v) is 6.77. The van der Waals surface area contributed by atoms with Gasteiger partial charge in [-0.15, -0.1) is 12.4 Å². The van der Waals surface area contributed by atoms with Crippen LogP contribution in [-0.4, -0.2) is 35.7 Å². The normalized spacial score (nSPS) is 18.1. The number of nitrogens with zero attached hydrogens (tertiary/aromatic N) is 1. The smallest absolute Gasteiger partial charge is 0.0590 e. The highest BCUT2D eigenvalue weighted by molar-refractivity contribution is 6.30. The van der Waals surface area contributed by atoms with Gasteiger partial charge in [-0.2, -0.15) is 0 Å². The molecule has 0 bridgehead atoms. The molecule has 1 unspecified atom stereocenters. The van der Waals surface area contributed by atoms with Crippen LogP contribution in [-0.2, 0) is 6.42 Å². The van der Waals surface area contributed by atoms with Crippen LogP contribution >= 0.6 is 24.0 Å². The van der Waals surface area contributed by atoms with Crippen LogP contribution in [0.2, 0.25) is 5.02 Å². The molecule has 0 saturated carbocycles. The van der Waals surface area contributed by atoms with E-state index in [2.05, 4.69) is 11.0 Å². The van der Waals surface area contributed by atoms with Gasteiger partial charge in [0, 0.05) is 11.1 Å². The van der Waals surface area contributed by atoms with Gasteiger partial charge in [0.05, 0.1) is 6.61 Å². The second kappa shape index (κ2) is 8.00. The summed E-state index contributed by atoms with van der Waals surface area (Å²) in [7, 11) is 0. The predicted molar refractivity (Wildman–Crippen MR) is 78.7 cm³/mol. The van der Waals surface area contributed by atoms with Crippen molar-refractivity contribution >= 4 is 24.0 Å². The van der Waals surface area contributed by atoms with Gasteiger partial charge in [0.1, 0.15) is 0 Å². The third-order valence-corrected chi connectivity index (χ3v) is 3.71. The number of hydrogen-bond donors (Lipinski definition) is 1. The summed E-state index contributed by atoms with van der Waals surface area (Å²) in [6, 6.07) is 8.18. The molecule has 1 aliphatic rings. The van der Waals surface area contributed by atoms with Crippen molar-refractivity contribution in [3.05, 3.63) is 34.9 Å². The molecule has 1 aromatic rings. The number of aliphatic hydroxyl groups is 1. The fraction of sp³-hybridized carbons (Fsp3) is 0.571. The maximum atomic E-state index is 9.53. The number of hydrogen-bond acceptors (Lipinski definition) is 2. The van der Waals surface area contributed by atoms with Gasteiger partial charge in [-0.25, -0.2) is 0 Å². The fourth-order valence-electron chi connectivity index (χ4n) is 2.53. The molecule has 1 saturated heterocycles. The first kappa shape index (κ1) is 15.8. The molecule has 0 spiro atoms. The maximum Gasteiger partial charge on any atom is 0.0590 e. The molecule has 0 aliphatic carbocycles. The summed E-state index contributed by atoms with van der Waals surface area (Å²) >= 11 is 5.98. The van der Waals surface area contributed by atoms with E-state index in [0.29, 0.717) is 0 Å². The van der Waals surface area contributed by atoms with E-state index in [1.165, 1.54) is 24.8 Å². The van der Waals surface area contributed by atoms with Crippen molar-refractivity contribution in [2.24, 2.45) is 0 Å². The lowest BCUT2D eigenvalue weighted by atomic mass is 10.0. The second-order valence-electron chi connectivity index (χ2n) is 4.77. The summed E-state index contributed by atoms with van der Waals surface area (Å²) in [6.07, 6.45) is 4.72. The minimum absolute atomic E-state index is 0. The molecule has 1 heterocycles. The number of aliphatic hydroxyl groups excluding tert-OH is 1. The fourth-order valence-corrected chi connectivity index (χ4v) is 2.74. The summed E-state index contributed by atoms with van der Waals surface area (Å²) in [6.45, 7) is 2.46. The summed E-state index contributed by atoms with van der Waals surface area (Å²) in [5, 5.41) is 10.3. The number of halogens is 2. The first-order chi connectivity index (χ1) is 8.29. The zero-order valence-corrected chi connectivity index (χ0v) is 12.1. The Balaban J connectivity index is 0.00000162. The van der Waals surface area contributed by atoms with Gasteiger partial charge in [0.2, 0.25) is 0 Å². The average Bonchev–Trinajstić information content (AvgIpc) is 2.37. The van der Waals surface area contributed by atoms with Gasteiger partial charge in [-0.3, -0.25) is 4.90 Å². The lowest BCUT2D eigenvalue weighted by Crippen LogP contribution is -2.42. The van der Waals surface area contributed by atoms with Crippen LogP contribution in [0.3, 0.4) is 0 Å². The van der Waals surface area contributed by atoms with Gasteiger partial charge in [-0.1, -0.05) is 30.2 Å². The number of piperidine rings is 1. The molecular formula is C14H21Cl2NO. The second-order valence-corrected chi connectivity index (χ2v) is 5.20. The van der Waals surface area contributed by atoms with Crippen molar-refractivity contribution < 1.29 is 5.11 Å². The summed E-state index contributed by atoms with van der Waals surface area (Å²) in [5.74, 6) is 0. The zero-order valence-electron chi connectivity index (χ0n) is 10.5. The predicted octanol–water partition coefficient (Wildman–Crippen LogP) is 3.15. The van der Waals surface area contributed by atoms with Crippen LogP contribution in [0.15, 0.2) is 24.3 Å². The van der Waals surface area contributed by atoms with Crippen LogP contribution in [0.25, 0.3) is 0 Å². The first-order valence-electron chi connectivity index (χ1n) is 6.39. The molecule has 2 rings (SSSR count). The van der Waals surface area contributed by atoms with E-state index in [9.17, 15) is 5.11 Å². The quantitative estimate of drug-likeness (QED) is 0.921. The lowest BCUT2D eigenvalue weighted by Gasteiger charge is -2.33. The number of rotatable bonds is 4. The molecule has 0 aromatic heterocycles. The molecule has 1 aliphatic heterocycles. The topological polar surface area (TPSA) is 23.5 Å². The van der Waals surface area contributed by atoms with E-state index in [1.807, 2.05) is 18.2 Å². The Labute approximate surface area is 120 Å². The minimum atomic E-state index is 0. The van der Waals surface area contributed by atoms with E-state index in [0.717, 1.165) is 24.5 Å². The van der Waals surface area contributed by atoms with Gasteiger partial charge in [0.15, 0.2) is 0 Å². The SMILES string of the molecule is Cl.OCC(Cc1cccc(Cl)c1)N1CCCCC1. The van der Waals surface area contributed by atoms with E-state index >= 15 is 0 Å². The molecular weight excluding hydrogens is 269 g/mol. The Morgan fingerprint density at radius 1 is 1.22 bits per heavy atom. The Hall–Kier alpha value is -0.280. The summed E-state index contributed by atoms with van der Waals surface area (Å²) < 4.78 is 0. The monoisotopic (exact) mass is 289 g/mol. The standard InChI is InChI=1S/C14H20ClNO.ClH/c15-13-6-4-5-12(9-13)10-14(11-17)16-7-2-1-3-8-16;/h4-6,9,14,17H,1-3,7-8,10-11H2;1H. The van der Waals surface area contributed by atoms with Crippen LogP contribution < -0.4 is 0 Å². The Bertz CT molecular complexity index is 353. The molecule has 0 amide bonds. The third kappa shape index (κ3) is 4.43. The van der Waals surface area contributed by atoms with E-state index in [4.69, 9.17) is 11.6 Å². The molecule has 18 heavy (non-hydrogen) atoms. The lowest BCUT2D eigenvalue weighted by molar-refractivity contribution is 0.104. The highest BCUT2D eigenvalue weighted by Gasteiger charge is 2.20. The summed E-state index contributed by atoms with van der Waals surface area (Å²) in [4.78, 5) is 2.41. The molecule has 1 N–H and O–H groups in total. The van der Waals surface area contributed by atoms with Crippen LogP contribution in [0, 0.1) is 0 Å². The van der Waals surface area contributed by atoms with Gasteiger partial charge >= 0.3 is 0 Å². The Morgan fingerprint density at radius 3 is 2.56 bits per heavy atom. The average molecular weight is 290 g/mol. The Kier molecular flexibility index (Phi) is 7.02. The largest absolute Gasteiger partial charge is 0.395 e. The molecule has 2 nitrogen and oxygen atoms in total. The van der Waals surface area contributed by atoms with Crippen molar-refractivity contribution in [2.75, 3.05) is 19.7 Å². The van der Waals surface area contributed by atoms with Gasteiger partial charge in [-0.05, 0) is 50.0 Å². The maximum absolute atomic E-state index is 9.53. The van der Waals surface area contributed by atoms with Crippen molar-refractivity contribution in [3.8, 4) is 0 Å². The van der Waals surface area contributed by atoms with Crippen molar-refractivity contribution in [2.45, 2.75) is 31.7 Å². The molecule has 102 valence electrons. The van der Waals surface area contributed by atoms with Gasteiger partial charge in [0.25, 0.3) is 0 Å². The molecule has 1 atom stereocenters. The molecule has 0 radical (unpaired) electrons. The Morgan fingerprint density at radius 2 is 1.94 bits per heavy atom. The van der Waals surface area contributed by atoms with Crippen molar-refractivity contribution in [3.63, 3.8) is 0 Å². The van der Waals surface area contributed by atoms with Crippen molar-refractivity contribution in [1.29, 1.82) is 0 Å². The van der Waals surface area contributed by atoms with E-state index in [1.54, 1.807) is 0 Å². The minimum Gasteiger partial charge on any atom is -0.395 e. The van der Waals surface area contributed by atoms with Gasteiger partial charge < -0.3 is 5.11 Å². The number of likely N-dealkylation sites (tertiary alicyclic amines) is 1. The highest BCUT2D eigenvalue weighted by Crippen LogP contribution is 2.17. The zero-order chi connectivity index (χ0) is 12.1. The van der Waals surface area contributed by atoms with Crippen LogP contribution in [0.5, 0.6) is 0 Å². The molecule has 1 aromatic carbocycles. The molecule has 4 heteroatoms. The summed E-state index contributed by atoms with van der Waals surface area (Å²) in [5.41, 5.74) is 1.21. The number of benzene rings is 1. The van der Waals surface area contributed by atoms with Crippen molar-refractivity contribution in [1.82, 2.24) is 4.90 Å². The van der Waals surface area contributed by atoms with E-state index in [-0.39, 0.29) is 25.1 Å². The van der Waals surface area contributed by atoms with Crippen LogP contribution in [0.1, 0.15) is 24.8 Å². The molecule has 1 fully saturated rings. The van der Waals surface area contributed by atoms with E-state index < -0.39 is 0 Å². The van der Waals surface area contributed by atoms with Crippen LogP contribution in [0.4, 0.5) is 0 Å². The highest BCUT2D eigenvalue weighted by atomic mass is 35.5. The third-order valence-electron chi connectivity index (χ3n) is 3.48.